The molecule has 1 aromatic carbocycles. The molecule has 0 radical (unpaired) electrons. The highest BCUT2D eigenvalue weighted by atomic mass is 32.1. The number of rotatable bonds is 6. The lowest BCUT2D eigenvalue weighted by Gasteiger charge is -2.38. The van der Waals surface area contributed by atoms with E-state index in [1.807, 2.05) is 13.8 Å². The maximum atomic E-state index is 12.1. The minimum atomic E-state index is -0.264. The fraction of sp³-hybridized carbons (Fsp3) is 0.500. The number of aromatic hydroxyl groups is 1. The zero-order valence-electron chi connectivity index (χ0n) is 18.2. The van der Waals surface area contributed by atoms with Crippen molar-refractivity contribution in [2.45, 2.75) is 39.7 Å². The molecular weight excluding hydrogens is 414 g/mol. The normalized spacial score (nSPS) is 16.0. The summed E-state index contributed by atoms with van der Waals surface area (Å²) in [5, 5.41) is 15.5. The maximum absolute atomic E-state index is 12.1. The number of amides is 1. The molecule has 1 saturated heterocycles. The van der Waals surface area contributed by atoms with Gasteiger partial charge in [0.25, 0.3) is 0 Å². The highest BCUT2D eigenvalue weighted by Gasteiger charge is 2.33. The molecule has 0 spiro atoms. The molecule has 0 bridgehead atoms. The number of carbonyl (C=O) groups excluding carboxylic acids is 1. The van der Waals surface area contributed by atoms with Gasteiger partial charge in [0.1, 0.15) is 0 Å². The van der Waals surface area contributed by atoms with Crippen LogP contribution in [0.4, 0.5) is 4.79 Å². The Hall–Kier alpha value is -2.65. The van der Waals surface area contributed by atoms with Gasteiger partial charge in [0.15, 0.2) is 5.82 Å². The fourth-order valence-corrected chi connectivity index (χ4v) is 5.10. The van der Waals surface area contributed by atoms with Crippen LogP contribution in [0, 0.1) is 0 Å². The molecule has 9 heteroatoms. The van der Waals surface area contributed by atoms with Crippen LogP contribution in [-0.4, -0.2) is 68.4 Å². The Bertz CT molecular complexity index is 1040. The van der Waals surface area contributed by atoms with Crippen LogP contribution in [0.3, 0.4) is 0 Å². The van der Waals surface area contributed by atoms with Crippen molar-refractivity contribution in [2.24, 2.45) is 0 Å². The number of piperazine rings is 1. The number of nitrogens with zero attached hydrogens (tertiary/aromatic N) is 5. The van der Waals surface area contributed by atoms with Crippen LogP contribution >= 0.6 is 11.3 Å². The predicted molar refractivity (Wildman–Crippen MR) is 120 cm³/mol. The Kier molecular flexibility index (Phi) is 6.43. The summed E-state index contributed by atoms with van der Waals surface area (Å²) in [6.07, 6.45) is 1.44. The molecule has 3 heterocycles. The number of ether oxygens (including phenoxy) is 1. The fourth-order valence-electron chi connectivity index (χ4n) is 3.96. The first kappa shape index (κ1) is 21.6. The Morgan fingerprint density at radius 1 is 1.13 bits per heavy atom. The maximum Gasteiger partial charge on any atom is 0.409 e. The van der Waals surface area contributed by atoms with Gasteiger partial charge in [0.2, 0.25) is 10.8 Å². The average Bonchev–Trinajstić information content (AvgIpc) is 3.34. The van der Waals surface area contributed by atoms with Crippen molar-refractivity contribution in [1.82, 2.24) is 24.4 Å². The van der Waals surface area contributed by atoms with Crippen LogP contribution in [0.1, 0.15) is 48.6 Å². The summed E-state index contributed by atoms with van der Waals surface area (Å²) in [7, 11) is 0. The van der Waals surface area contributed by atoms with Gasteiger partial charge in [0, 0.05) is 32.6 Å². The summed E-state index contributed by atoms with van der Waals surface area (Å²) in [6.45, 7) is 8.88. The van der Waals surface area contributed by atoms with Gasteiger partial charge in [-0.1, -0.05) is 49.4 Å². The zero-order chi connectivity index (χ0) is 22.0. The van der Waals surface area contributed by atoms with E-state index in [0.29, 0.717) is 37.7 Å². The third-order valence-electron chi connectivity index (χ3n) is 5.72. The van der Waals surface area contributed by atoms with Gasteiger partial charge < -0.3 is 14.7 Å². The van der Waals surface area contributed by atoms with Gasteiger partial charge in [-0.3, -0.25) is 4.90 Å². The second-order valence-electron chi connectivity index (χ2n) is 7.59. The average molecular weight is 444 g/mol. The predicted octanol–water partition coefficient (Wildman–Crippen LogP) is 3.48. The van der Waals surface area contributed by atoms with Crippen LogP contribution in [0.2, 0.25) is 0 Å². The lowest BCUT2D eigenvalue weighted by atomic mass is 10.0. The number of hydrogen-bond donors (Lipinski definition) is 1. The van der Waals surface area contributed by atoms with Crippen LogP contribution in [0.5, 0.6) is 5.88 Å². The van der Waals surface area contributed by atoms with E-state index in [4.69, 9.17) is 4.74 Å². The van der Waals surface area contributed by atoms with Crippen molar-refractivity contribution < 1.29 is 14.6 Å². The van der Waals surface area contributed by atoms with Crippen molar-refractivity contribution in [1.29, 1.82) is 0 Å². The van der Waals surface area contributed by atoms with E-state index in [0.717, 1.165) is 29.1 Å². The molecule has 1 atom stereocenters. The molecule has 2 aromatic heterocycles. The number of benzene rings is 1. The van der Waals surface area contributed by atoms with Crippen LogP contribution in [0.15, 0.2) is 24.3 Å². The second-order valence-corrected chi connectivity index (χ2v) is 8.59. The van der Waals surface area contributed by atoms with E-state index in [1.165, 1.54) is 16.9 Å². The molecule has 0 aliphatic carbocycles. The van der Waals surface area contributed by atoms with E-state index in [2.05, 4.69) is 46.2 Å². The first-order valence-corrected chi connectivity index (χ1v) is 11.7. The van der Waals surface area contributed by atoms with E-state index >= 15 is 0 Å². The Balaban J connectivity index is 1.66. The standard InChI is InChI=1S/C22H29N5O3S/c1-4-15-7-9-16(10-8-15)18(25-11-13-26(14-12-25)22(29)30-6-3)19-20(28)27-21(31-19)23-17(5-2)24-27/h7-10,18,28H,4-6,11-14H2,1-3H3/t18-/m1/s1. The highest BCUT2D eigenvalue weighted by molar-refractivity contribution is 7.17. The smallest absolute Gasteiger partial charge is 0.409 e. The molecule has 1 aliphatic heterocycles. The van der Waals surface area contributed by atoms with Gasteiger partial charge in [-0.05, 0) is 24.5 Å². The van der Waals surface area contributed by atoms with Crippen LogP contribution < -0.4 is 0 Å². The first-order valence-electron chi connectivity index (χ1n) is 10.9. The summed E-state index contributed by atoms with van der Waals surface area (Å²) in [5.74, 6) is 0.865. The molecular formula is C22H29N5O3S. The molecule has 1 N–H and O–H groups in total. The number of aromatic nitrogens is 3. The summed E-state index contributed by atoms with van der Waals surface area (Å²) in [6, 6.07) is 8.41. The van der Waals surface area contributed by atoms with Crippen molar-refractivity contribution in [2.75, 3.05) is 32.8 Å². The molecule has 1 fully saturated rings. The first-order chi connectivity index (χ1) is 15.0. The molecule has 8 nitrogen and oxygen atoms in total. The van der Waals surface area contributed by atoms with Crippen molar-refractivity contribution in [3.8, 4) is 5.88 Å². The summed E-state index contributed by atoms with van der Waals surface area (Å²) in [4.78, 5) is 22.2. The third-order valence-corrected chi connectivity index (χ3v) is 6.79. The van der Waals surface area contributed by atoms with Gasteiger partial charge in [-0.2, -0.15) is 4.52 Å². The largest absolute Gasteiger partial charge is 0.492 e. The molecule has 1 aliphatic rings. The van der Waals surface area contributed by atoms with E-state index in [-0.39, 0.29) is 18.0 Å². The molecule has 3 aromatic rings. The third kappa shape index (κ3) is 4.24. The van der Waals surface area contributed by atoms with Crippen molar-refractivity contribution >= 4 is 22.4 Å². The van der Waals surface area contributed by atoms with E-state index in [1.54, 1.807) is 9.42 Å². The molecule has 31 heavy (non-hydrogen) atoms. The summed E-state index contributed by atoms with van der Waals surface area (Å²) < 4.78 is 6.70. The van der Waals surface area contributed by atoms with Crippen molar-refractivity contribution in [3.05, 3.63) is 46.1 Å². The number of hydrogen-bond acceptors (Lipinski definition) is 7. The quantitative estimate of drug-likeness (QED) is 0.628. The molecule has 1 amide bonds. The van der Waals surface area contributed by atoms with Gasteiger partial charge >= 0.3 is 6.09 Å². The summed E-state index contributed by atoms with van der Waals surface area (Å²) in [5.41, 5.74) is 2.38. The lowest BCUT2D eigenvalue weighted by Crippen LogP contribution is -2.49. The molecule has 0 saturated carbocycles. The zero-order valence-corrected chi connectivity index (χ0v) is 19.1. The second kappa shape index (κ2) is 9.23. The van der Waals surface area contributed by atoms with Crippen LogP contribution in [-0.2, 0) is 17.6 Å². The minimum absolute atomic E-state index is 0.131. The Morgan fingerprint density at radius 3 is 2.42 bits per heavy atom. The number of carbonyl (C=O) groups is 1. The van der Waals surface area contributed by atoms with Gasteiger partial charge in [0.05, 0.1) is 17.5 Å². The molecule has 166 valence electrons. The Labute approximate surface area is 186 Å². The highest BCUT2D eigenvalue weighted by Crippen LogP contribution is 2.40. The van der Waals surface area contributed by atoms with Crippen LogP contribution in [0.25, 0.3) is 4.96 Å². The Morgan fingerprint density at radius 2 is 1.84 bits per heavy atom. The number of fused-ring (bicyclic) bond motifs is 1. The van der Waals surface area contributed by atoms with Gasteiger partial charge in [-0.15, -0.1) is 5.10 Å². The van der Waals surface area contributed by atoms with E-state index in [9.17, 15) is 9.90 Å². The monoisotopic (exact) mass is 443 g/mol. The van der Waals surface area contributed by atoms with E-state index < -0.39 is 0 Å². The lowest BCUT2D eigenvalue weighted by molar-refractivity contribution is 0.0715. The molecule has 4 rings (SSSR count). The number of thiazole rings is 1. The number of aryl methyl sites for hydroxylation is 2. The van der Waals surface area contributed by atoms with Crippen molar-refractivity contribution in [3.63, 3.8) is 0 Å². The topological polar surface area (TPSA) is 83.2 Å². The summed E-state index contributed by atoms with van der Waals surface area (Å²) >= 11 is 1.47. The SMILES string of the molecule is CCOC(=O)N1CCN([C@H](c2ccc(CC)cc2)c2sc3nc(CC)nn3c2O)CC1. The molecule has 0 unspecified atom stereocenters. The minimum Gasteiger partial charge on any atom is -0.492 e. The van der Waals surface area contributed by atoms with Gasteiger partial charge in [-0.25, -0.2) is 9.78 Å².